The lowest BCUT2D eigenvalue weighted by atomic mass is 9.93. The quantitative estimate of drug-likeness (QED) is 0.160. The van der Waals surface area contributed by atoms with Crippen LogP contribution in [0.25, 0.3) is 0 Å². The first-order chi connectivity index (χ1) is 21.2. The van der Waals surface area contributed by atoms with E-state index in [1.165, 1.54) is 5.30 Å². The Labute approximate surface area is 265 Å². The van der Waals surface area contributed by atoms with E-state index in [0.29, 0.717) is 17.4 Å². The molecule has 4 nitrogen and oxygen atoms in total. The summed E-state index contributed by atoms with van der Waals surface area (Å²) in [4.78, 5) is 22.2. The van der Waals surface area contributed by atoms with Gasteiger partial charge >= 0.3 is 0 Å². The SMILES string of the molecule is CC(C)CP(CC(C)C)c1ccccc1C1=N[C@H](c2ccccc2)[C@@H](c2ccccc2)N1C(=O)c1ccc(OC(C)C)cc1. The number of hydrogen-bond acceptors (Lipinski definition) is 3. The number of aliphatic imine (C=N–C) groups is 1. The van der Waals surface area contributed by atoms with Crippen molar-refractivity contribution in [3.05, 3.63) is 131 Å². The fourth-order valence-corrected chi connectivity index (χ4v) is 9.14. The number of hydrogen-bond donors (Lipinski definition) is 0. The molecular weight excluding hydrogens is 559 g/mol. The zero-order chi connectivity index (χ0) is 31.2. The van der Waals surface area contributed by atoms with E-state index in [1.807, 2.05) is 55.1 Å². The average molecular weight is 605 g/mol. The van der Waals surface area contributed by atoms with Gasteiger partial charge in [-0.05, 0) is 78.7 Å². The molecule has 0 fully saturated rings. The monoisotopic (exact) mass is 604 g/mol. The number of rotatable bonds is 11. The predicted molar refractivity (Wildman–Crippen MR) is 186 cm³/mol. The zero-order valence-electron chi connectivity index (χ0n) is 26.9. The zero-order valence-corrected chi connectivity index (χ0v) is 27.7. The van der Waals surface area contributed by atoms with Crippen molar-refractivity contribution < 1.29 is 9.53 Å². The lowest BCUT2D eigenvalue weighted by Crippen LogP contribution is -2.39. The van der Waals surface area contributed by atoms with Crippen LogP contribution < -0.4 is 10.0 Å². The van der Waals surface area contributed by atoms with E-state index >= 15 is 0 Å². The first-order valence-electron chi connectivity index (χ1n) is 15.8. The van der Waals surface area contributed by atoms with E-state index < -0.39 is 7.92 Å². The second-order valence-corrected chi connectivity index (χ2v) is 15.0. The number of carbonyl (C=O) groups excluding carboxylic acids is 1. The molecule has 0 saturated heterocycles. The Bertz CT molecular complexity index is 1540. The summed E-state index contributed by atoms with van der Waals surface area (Å²) < 4.78 is 5.89. The molecule has 4 aromatic carbocycles. The summed E-state index contributed by atoms with van der Waals surface area (Å²) in [6.07, 6.45) is 2.35. The number of nitrogens with zero attached hydrogens (tertiary/aromatic N) is 2. The fourth-order valence-electron chi connectivity index (χ4n) is 6.03. The van der Waals surface area contributed by atoms with Gasteiger partial charge in [0.25, 0.3) is 5.91 Å². The van der Waals surface area contributed by atoms with Crippen molar-refractivity contribution in [2.45, 2.75) is 59.7 Å². The number of carbonyl (C=O) groups is 1. The molecule has 1 aliphatic rings. The largest absolute Gasteiger partial charge is 0.491 e. The summed E-state index contributed by atoms with van der Waals surface area (Å²) in [7, 11) is -0.449. The van der Waals surface area contributed by atoms with Gasteiger partial charge in [0, 0.05) is 11.1 Å². The molecule has 5 heteroatoms. The van der Waals surface area contributed by atoms with Crippen LogP contribution >= 0.6 is 7.92 Å². The van der Waals surface area contributed by atoms with E-state index in [4.69, 9.17) is 9.73 Å². The molecule has 0 unspecified atom stereocenters. The highest BCUT2D eigenvalue weighted by Gasteiger charge is 2.43. The third kappa shape index (κ3) is 7.30. The lowest BCUT2D eigenvalue weighted by Gasteiger charge is -2.31. The average Bonchev–Trinajstić information content (AvgIpc) is 3.41. The molecule has 4 aromatic rings. The van der Waals surface area contributed by atoms with Crippen LogP contribution in [0, 0.1) is 11.8 Å². The Kier molecular flexibility index (Phi) is 10.3. The lowest BCUT2D eigenvalue weighted by molar-refractivity contribution is 0.0805. The molecule has 2 atom stereocenters. The second kappa shape index (κ2) is 14.4. The number of amidine groups is 1. The van der Waals surface area contributed by atoms with Gasteiger partial charge in [-0.1, -0.05) is 121 Å². The Morgan fingerprint density at radius 1 is 0.727 bits per heavy atom. The van der Waals surface area contributed by atoms with Crippen molar-refractivity contribution in [2.24, 2.45) is 16.8 Å². The number of benzene rings is 4. The van der Waals surface area contributed by atoms with Crippen LogP contribution in [0.3, 0.4) is 0 Å². The normalized spacial score (nSPS) is 16.7. The Morgan fingerprint density at radius 2 is 1.27 bits per heavy atom. The standard InChI is InChI=1S/C39H45N2O2P/c1-27(2)25-44(26-28(3)4)35-20-14-13-19-34(35)38-40-36(30-15-9-7-10-16-30)37(31-17-11-8-12-18-31)41(38)39(42)32-21-23-33(24-22-32)43-29(5)6/h7-24,27-29,36-37H,25-26H2,1-6H3/t36-,37-/m1/s1. The summed E-state index contributed by atoms with van der Waals surface area (Å²) in [5, 5.41) is 1.34. The molecule has 0 aliphatic carbocycles. The molecule has 5 rings (SSSR count). The molecule has 1 aliphatic heterocycles. The van der Waals surface area contributed by atoms with Gasteiger partial charge in [0.2, 0.25) is 0 Å². The summed E-state index contributed by atoms with van der Waals surface area (Å²) >= 11 is 0. The first kappa shape index (κ1) is 31.7. The van der Waals surface area contributed by atoms with Crippen molar-refractivity contribution in [2.75, 3.05) is 12.3 Å². The van der Waals surface area contributed by atoms with Crippen LogP contribution in [0.2, 0.25) is 0 Å². The maximum atomic E-state index is 14.8. The topological polar surface area (TPSA) is 41.9 Å². The van der Waals surface area contributed by atoms with Gasteiger partial charge in [0.05, 0.1) is 12.1 Å². The number of amides is 1. The van der Waals surface area contributed by atoms with Crippen LogP contribution in [0.4, 0.5) is 0 Å². The smallest absolute Gasteiger partial charge is 0.260 e. The van der Waals surface area contributed by atoms with Crippen molar-refractivity contribution in [3.8, 4) is 5.75 Å². The Morgan fingerprint density at radius 3 is 1.84 bits per heavy atom. The fraction of sp³-hybridized carbons (Fsp3) is 0.333. The van der Waals surface area contributed by atoms with Gasteiger partial charge in [-0.15, -0.1) is 0 Å². The summed E-state index contributed by atoms with van der Waals surface area (Å²) in [5.41, 5.74) is 3.86. The summed E-state index contributed by atoms with van der Waals surface area (Å²) in [6, 6.07) is 36.5. The molecule has 44 heavy (non-hydrogen) atoms. The van der Waals surface area contributed by atoms with Gasteiger partial charge in [-0.2, -0.15) is 0 Å². The molecule has 0 saturated carbocycles. The van der Waals surface area contributed by atoms with Crippen molar-refractivity contribution in [1.82, 2.24) is 4.90 Å². The minimum Gasteiger partial charge on any atom is -0.491 e. The third-order valence-corrected chi connectivity index (χ3v) is 11.1. The third-order valence-electron chi connectivity index (χ3n) is 7.70. The predicted octanol–water partition coefficient (Wildman–Crippen LogP) is 9.28. The molecular formula is C39H45N2O2P. The molecule has 1 amide bonds. The maximum absolute atomic E-state index is 14.8. The second-order valence-electron chi connectivity index (χ2n) is 12.7. The molecule has 0 radical (unpaired) electrons. The molecule has 0 N–H and O–H groups in total. The summed E-state index contributed by atoms with van der Waals surface area (Å²) in [6.45, 7) is 13.3. The van der Waals surface area contributed by atoms with Crippen molar-refractivity contribution in [3.63, 3.8) is 0 Å². The molecule has 1 heterocycles. The van der Waals surface area contributed by atoms with Crippen LogP contribution in [0.5, 0.6) is 5.75 Å². The minimum absolute atomic E-state index is 0.0565. The highest BCUT2D eigenvalue weighted by molar-refractivity contribution is 7.65. The Hall–Kier alpha value is -3.75. The van der Waals surface area contributed by atoms with Crippen molar-refractivity contribution >= 4 is 25.0 Å². The minimum atomic E-state index is -0.449. The molecule has 0 bridgehead atoms. The first-order valence-corrected chi connectivity index (χ1v) is 17.6. The van der Waals surface area contributed by atoms with E-state index in [0.717, 1.165) is 40.6 Å². The van der Waals surface area contributed by atoms with Crippen LogP contribution in [0.1, 0.15) is 80.7 Å². The van der Waals surface area contributed by atoms with E-state index in [9.17, 15) is 4.79 Å². The van der Waals surface area contributed by atoms with Crippen LogP contribution in [-0.4, -0.2) is 35.1 Å². The van der Waals surface area contributed by atoms with E-state index in [2.05, 4.69) is 100 Å². The van der Waals surface area contributed by atoms with Crippen molar-refractivity contribution in [1.29, 1.82) is 0 Å². The summed E-state index contributed by atoms with van der Waals surface area (Å²) in [5.74, 6) is 2.62. The molecule has 228 valence electrons. The molecule has 0 spiro atoms. The number of ether oxygens (including phenoxy) is 1. The Balaban J connectivity index is 1.69. The highest BCUT2D eigenvalue weighted by atomic mass is 31.1. The van der Waals surface area contributed by atoms with Gasteiger partial charge in [-0.25, -0.2) is 0 Å². The van der Waals surface area contributed by atoms with Gasteiger partial charge in [0.1, 0.15) is 17.6 Å². The highest BCUT2D eigenvalue weighted by Crippen LogP contribution is 2.46. The van der Waals surface area contributed by atoms with Crippen LogP contribution in [0.15, 0.2) is 114 Å². The van der Waals surface area contributed by atoms with Crippen LogP contribution in [-0.2, 0) is 0 Å². The van der Waals surface area contributed by atoms with E-state index in [1.54, 1.807) is 0 Å². The maximum Gasteiger partial charge on any atom is 0.260 e. The van der Waals surface area contributed by atoms with E-state index in [-0.39, 0.29) is 24.1 Å². The van der Waals surface area contributed by atoms with Gasteiger partial charge in [0.15, 0.2) is 0 Å². The van der Waals surface area contributed by atoms with Gasteiger partial charge in [-0.3, -0.25) is 14.7 Å². The molecule has 0 aromatic heterocycles. The van der Waals surface area contributed by atoms with Gasteiger partial charge < -0.3 is 4.74 Å².